The molecule has 2 aliphatic carbocycles. The first-order chi connectivity index (χ1) is 10.7. The summed E-state index contributed by atoms with van der Waals surface area (Å²) < 4.78 is 0. The second kappa shape index (κ2) is 4.80. The zero-order valence-corrected chi connectivity index (χ0v) is 13.1. The van der Waals surface area contributed by atoms with Gasteiger partial charge in [-0.3, -0.25) is 0 Å². The first-order valence-electron chi connectivity index (χ1n) is 7.84. The number of rotatable bonds is 2. The molecule has 106 valence electrons. The molecule has 0 N–H and O–H groups in total. The van der Waals surface area contributed by atoms with Gasteiger partial charge in [0, 0.05) is 17.9 Å². The molecule has 0 aromatic heterocycles. The van der Waals surface area contributed by atoms with Crippen LogP contribution in [-0.2, 0) is 11.8 Å². The molecule has 2 aliphatic rings. The van der Waals surface area contributed by atoms with Gasteiger partial charge < -0.3 is 0 Å². The Morgan fingerprint density at radius 1 is 0.955 bits per heavy atom. The van der Waals surface area contributed by atoms with Gasteiger partial charge in [0.15, 0.2) is 0 Å². The van der Waals surface area contributed by atoms with Gasteiger partial charge in [-0.25, -0.2) is 0 Å². The third-order valence-corrected chi connectivity index (χ3v) is 4.84. The van der Waals surface area contributed by atoms with E-state index < -0.39 is 0 Å². The Hall–Kier alpha value is -2.43. The molecule has 0 amide bonds. The van der Waals surface area contributed by atoms with E-state index in [1.54, 1.807) is 0 Å². The fourth-order valence-corrected chi connectivity index (χ4v) is 3.64. The maximum absolute atomic E-state index is 3.09. The molecule has 0 heteroatoms. The summed E-state index contributed by atoms with van der Waals surface area (Å²) in [4.78, 5) is 0. The fourth-order valence-electron chi connectivity index (χ4n) is 3.64. The standard InChI is InChI=1S/C22H19/c1-22(2)20-11-7-6-10-18(20)19-13-12-17(15-21(19)22)14-16-8-4-3-5-9-16/h4-13,15H,14H2,1-2H3/q+1. The van der Waals surface area contributed by atoms with Gasteiger partial charge in [-0.1, -0.05) is 56.3 Å². The van der Waals surface area contributed by atoms with Crippen molar-refractivity contribution in [3.8, 4) is 11.1 Å². The van der Waals surface area contributed by atoms with E-state index in [1.807, 2.05) is 12.2 Å². The van der Waals surface area contributed by atoms with E-state index in [4.69, 9.17) is 0 Å². The molecule has 22 heavy (non-hydrogen) atoms. The highest BCUT2D eigenvalue weighted by Crippen LogP contribution is 2.48. The molecular formula is C22H19+. The molecule has 0 saturated carbocycles. The van der Waals surface area contributed by atoms with Crippen molar-refractivity contribution in [3.05, 3.63) is 95.1 Å². The van der Waals surface area contributed by atoms with Gasteiger partial charge in [-0.05, 0) is 27.8 Å². The van der Waals surface area contributed by atoms with Crippen LogP contribution in [0.3, 0.4) is 0 Å². The van der Waals surface area contributed by atoms with E-state index in [0.29, 0.717) is 0 Å². The van der Waals surface area contributed by atoms with Crippen LogP contribution in [0, 0.1) is 6.08 Å². The molecular weight excluding hydrogens is 264 g/mol. The number of allylic oxidation sites excluding steroid dienone is 6. The van der Waals surface area contributed by atoms with Crippen LogP contribution < -0.4 is 0 Å². The maximum atomic E-state index is 3.09. The summed E-state index contributed by atoms with van der Waals surface area (Å²) in [6.07, 6.45) is 12.3. The van der Waals surface area contributed by atoms with Crippen LogP contribution in [0.2, 0.25) is 0 Å². The van der Waals surface area contributed by atoms with Crippen LogP contribution in [-0.4, -0.2) is 0 Å². The highest BCUT2D eigenvalue weighted by Gasteiger charge is 2.35. The zero-order valence-electron chi connectivity index (χ0n) is 13.1. The second-order valence-corrected chi connectivity index (χ2v) is 6.64. The molecule has 0 nitrogen and oxygen atoms in total. The smallest absolute Gasteiger partial charge is 0.0619 e. The normalized spacial score (nSPS) is 16.7. The van der Waals surface area contributed by atoms with Gasteiger partial charge in [0.05, 0.1) is 17.7 Å². The van der Waals surface area contributed by atoms with Crippen molar-refractivity contribution >= 4 is 0 Å². The van der Waals surface area contributed by atoms with E-state index in [0.717, 1.165) is 6.42 Å². The third kappa shape index (κ3) is 1.96. The van der Waals surface area contributed by atoms with Crippen molar-refractivity contribution in [2.75, 3.05) is 0 Å². The van der Waals surface area contributed by atoms with Crippen molar-refractivity contribution in [1.29, 1.82) is 0 Å². The Kier molecular flexibility index (Phi) is 2.89. The van der Waals surface area contributed by atoms with E-state index in [9.17, 15) is 0 Å². The summed E-state index contributed by atoms with van der Waals surface area (Å²) in [6.45, 7) is 4.66. The lowest BCUT2D eigenvalue weighted by molar-refractivity contribution is 0.659. The Morgan fingerprint density at radius 2 is 1.77 bits per heavy atom. The average Bonchev–Trinajstić information content (AvgIpc) is 2.77. The highest BCUT2D eigenvalue weighted by atomic mass is 14.4. The van der Waals surface area contributed by atoms with Gasteiger partial charge in [0.2, 0.25) is 0 Å². The molecule has 0 unspecified atom stereocenters. The van der Waals surface area contributed by atoms with Crippen LogP contribution in [0.15, 0.2) is 72.3 Å². The Morgan fingerprint density at radius 3 is 2.59 bits per heavy atom. The summed E-state index contributed by atoms with van der Waals surface area (Å²) in [5.41, 5.74) is 8.49. The molecule has 2 aromatic carbocycles. The van der Waals surface area contributed by atoms with Crippen LogP contribution in [0.4, 0.5) is 0 Å². The molecule has 2 aromatic rings. The molecule has 0 heterocycles. The largest absolute Gasteiger partial charge is 0.103 e. The molecule has 0 spiro atoms. The highest BCUT2D eigenvalue weighted by molar-refractivity contribution is 5.80. The maximum Gasteiger partial charge on any atom is 0.103 e. The number of fused-ring (bicyclic) bond motifs is 3. The Balaban J connectivity index is 1.77. The van der Waals surface area contributed by atoms with Gasteiger partial charge >= 0.3 is 0 Å². The SMILES string of the molecule is CC1(C)c2ccccc2-c2ccc(CC3=CC=[C+]C=C3)cc21. The summed E-state index contributed by atoms with van der Waals surface area (Å²) in [7, 11) is 0. The van der Waals surface area contributed by atoms with E-state index >= 15 is 0 Å². The summed E-state index contributed by atoms with van der Waals surface area (Å²) in [6, 6.07) is 15.8. The third-order valence-electron chi connectivity index (χ3n) is 4.84. The summed E-state index contributed by atoms with van der Waals surface area (Å²) >= 11 is 0. The molecule has 0 atom stereocenters. The van der Waals surface area contributed by atoms with Gasteiger partial charge in [-0.2, -0.15) is 0 Å². The van der Waals surface area contributed by atoms with Crippen molar-refractivity contribution in [2.45, 2.75) is 25.7 Å². The predicted molar refractivity (Wildman–Crippen MR) is 92.7 cm³/mol. The molecule has 0 bridgehead atoms. The lowest BCUT2D eigenvalue weighted by atomic mass is 9.81. The first kappa shape index (κ1) is 13.2. The van der Waals surface area contributed by atoms with Crippen molar-refractivity contribution in [2.24, 2.45) is 0 Å². The lowest BCUT2D eigenvalue weighted by Crippen LogP contribution is -2.15. The van der Waals surface area contributed by atoms with E-state index in [2.05, 4.69) is 74.5 Å². The van der Waals surface area contributed by atoms with E-state index in [-0.39, 0.29) is 5.41 Å². The minimum absolute atomic E-state index is 0.0897. The number of hydrogen-bond donors (Lipinski definition) is 0. The van der Waals surface area contributed by atoms with Crippen LogP contribution in [0.25, 0.3) is 11.1 Å². The number of hydrogen-bond acceptors (Lipinski definition) is 0. The molecule has 0 fully saturated rings. The second-order valence-electron chi connectivity index (χ2n) is 6.64. The fraction of sp³-hybridized carbons (Fsp3) is 0.182. The Bertz CT molecular complexity index is 829. The molecule has 0 radical (unpaired) electrons. The molecule has 4 rings (SSSR count). The topological polar surface area (TPSA) is 0 Å². The van der Waals surface area contributed by atoms with Crippen LogP contribution in [0.1, 0.15) is 30.5 Å². The van der Waals surface area contributed by atoms with Crippen molar-refractivity contribution < 1.29 is 0 Å². The quantitative estimate of drug-likeness (QED) is 0.648. The Labute approximate surface area is 132 Å². The predicted octanol–water partition coefficient (Wildman–Crippen LogP) is 5.39. The molecule has 0 saturated heterocycles. The number of benzene rings is 2. The van der Waals surface area contributed by atoms with Crippen LogP contribution >= 0.6 is 0 Å². The average molecular weight is 283 g/mol. The summed E-state index contributed by atoms with van der Waals surface area (Å²) in [5, 5.41) is 0. The van der Waals surface area contributed by atoms with Crippen molar-refractivity contribution in [3.63, 3.8) is 0 Å². The first-order valence-corrected chi connectivity index (χ1v) is 7.84. The monoisotopic (exact) mass is 283 g/mol. The van der Waals surface area contributed by atoms with Crippen molar-refractivity contribution in [1.82, 2.24) is 0 Å². The zero-order chi connectivity index (χ0) is 15.2. The van der Waals surface area contributed by atoms with Gasteiger partial charge in [-0.15, -0.1) is 0 Å². The van der Waals surface area contributed by atoms with E-state index in [1.165, 1.54) is 33.4 Å². The minimum atomic E-state index is 0.0897. The van der Waals surface area contributed by atoms with Gasteiger partial charge in [0.1, 0.15) is 12.2 Å². The van der Waals surface area contributed by atoms with Crippen LogP contribution in [0.5, 0.6) is 0 Å². The minimum Gasteiger partial charge on any atom is -0.0619 e. The molecule has 0 aliphatic heterocycles. The lowest BCUT2D eigenvalue weighted by Gasteiger charge is -2.21. The van der Waals surface area contributed by atoms with Gasteiger partial charge in [0.25, 0.3) is 0 Å². The summed E-state index contributed by atoms with van der Waals surface area (Å²) in [5.74, 6) is 0.